The van der Waals surface area contributed by atoms with E-state index in [0.29, 0.717) is 11.1 Å². The van der Waals surface area contributed by atoms with Crippen molar-refractivity contribution in [1.29, 1.82) is 5.26 Å². The van der Waals surface area contributed by atoms with Gasteiger partial charge in [0.1, 0.15) is 0 Å². The third kappa shape index (κ3) is 1.89. The van der Waals surface area contributed by atoms with Crippen molar-refractivity contribution in [3.05, 3.63) is 32.4 Å². The Morgan fingerprint density at radius 3 is 2.62 bits per heavy atom. The van der Waals surface area contributed by atoms with Crippen LogP contribution in [-0.2, 0) is 0 Å². The standard InChI is InChI=1S/C10H8INO/c1-6-9(11)4-3-8(5-12)10(6)7(2)13/h3-4H,1-2H3. The third-order valence-electron chi connectivity index (χ3n) is 1.87. The lowest BCUT2D eigenvalue weighted by Crippen LogP contribution is -2.01. The van der Waals surface area contributed by atoms with Crippen LogP contribution >= 0.6 is 22.6 Å². The SMILES string of the molecule is CC(=O)c1c(C#N)ccc(I)c1C. The number of nitriles is 1. The van der Waals surface area contributed by atoms with E-state index in [-0.39, 0.29) is 5.78 Å². The largest absolute Gasteiger partial charge is 0.294 e. The number of rotatable bonds is 1. The first-order valence-corrected chi connectivity index (χ1v) is 4.86. The summed E-state index contributed by atoms with van der Waals surface area (Å²) in [4.78, 5) is 11.2. The van der Waals surface area contributed by atoms with Crippen molar-refractivity contribution in [2.24, 2.45) is 0 Å². The van der Waals surface area contributed by atoms with E-state index in [4.69, 9.17) is 5.26 Å². The molecule has 66 valence electrons. The fraction of sp³-hybridized carbons (Fsp3) is 0.200. The number of nitrogens with zero attached hydrogens (tertiary/aromatic N) is 1. The fourth-order valence-electron chi connectivity index (χ4n) is 1.23. The van der Waals surface area contributed by atoms with Gasteiger partial charge in [-0.05, 0) is 54.1 Å². The van der Waals surface area contributed by atoms with Gasteiger partial charge in [0.15, 0.2) is 5.78 Å². The maximum absolute atomic E-state index is 11.2. The average Bonchev–Trinajstić information content (AvgIpc) is 2.08. The second-order valence-electron chi connectivity index (χ2n) is 2.76. The van der Waals surface area contributed by atoms with Crippen LogP contribution in [0.15, 0.2) is 12.1 Å². The zero-order valence-corrected chi connectivity index (χ0v) is 9.55. The molecule has 0 bridgehead atoms. The summed E-state index contributed by atoms with van der Waals surface area (Å²) in [6.07, 6.45) is 0. The van der Waals surface area contributed by atoms with Gasteiger partial charge in [0.25, 0.3) is 0 Å². The molecule has 0 aromatic heterocycles. The number of hydrogen-bond acceptors (Lipinski definition) is 2. The first kappa shape index (κ1) is 10.2. The molecule has 1 rings (SSSR count). The molecule has 2 nitrogen and oxygen atoms in total. The maximum atomic E-state index is 11.2. The number of Topliss-reactive ketones (excluding diaryl/α,β-unsaturated/α-hetero) is 1. The number of ketones is 1. The first-order chi connectivity index (χ1) is 6.07. The van der Waals surface area contributed by atoms with Crippen LogP contribution in [0.4, 0.5) is 0 Å². The summed E-state index contributed by atoms with van der Waals surface area (Å²) in [7, 11) is 0. The first-order valence-electron chi connectivity index (χ1n) is 3.78. The molecule has 0 amide bonds. The van der Waals surface area contributed by atoms with Crippen molar-refractivity contribution in [2.75, 3.05) is 0 Å². The summed E-state index contributed by atoms with van der Waals surface area (Å²) in [6.45, 7) is 3.35. The number of benzene rings is 1. The van der Waals surface area contributed by atoms with Crippen LogP contribution in [0.25, 0.3) is 0 Å². The van der Waals surface area contributed by atoms with Gasteiger partial charge in [-0.3, -0.25) is 4.79 Å². The van der Waals surface area contributed by atoms with Crippen molar-refractivity contribution >= 4 is 28.4 Å². The fourth-order valence-corrected chi connectivity index (χ4v) is 1.68. The predicted octanol–water partition coefficient (Wildman–Crippen LogP) is 2.67. The Hall–Kier alpha value is -0.890. The monoisotopic (exact) mass is 285 g/mol. The molecule has 0 N–H and O–H groups in total. The van der Waals surface area contributed by atoms with E-state index in [9.17, 15) is 4.79 Å². The molecule has 13 heavy (non-hydrogen) atoms. The van der Waals surface area contributed by atoms with Gasteiger partial charge in [0, 0.05) is 9.13 Å². The molecule has 1 aromatic carbocycles. The number of halogens is 1. The van der Waals surface area contributed by atoms with Crippen LogP contribution < -0.4 is 0 Å². The van der Waals surface area contributed by atoms with E-state index in [2.05, 4.69) is 22.6 Å². The summed E-state index contributed by atoms with van der Waals surface area (Å²) >= 11 is 2.15. The van der Waals surface area contributed by atoms with Crippen molar-refractivity contribution in [1.82, 2.24) is 0 Å². The lowest BCUT2D eigenvalue weighted by molar-refractivity contribution is 0.101. The Balaban J connectivity index is 3.53. The molecule has 0 spiro atoms. The van der Waals surface area contributed by atoms with Gasteiger partial charge < -0.3 is 0 Å². The topological polar surface area (TPSA) is 40.9 Å². The zero-order chi connectivity index (χ0) is 10.0. The number of carbonyl (C=O) groups excluding carboxylic acids is 1. The molecule has 0 aliphatic heterocycles. The molecular formula is C10H8INO. The van der Waals surface area contributed by atoms with Crippen molar-refractivity contribution < 1.29 is 4.79 Å². The second-order valence-corrected chi connectivity index (χ2v) is 3.93. The van der Waals surface area contributed by atoms with E-state index >= 15 is 0 Å². The minimum absolute atomic E-state index is 0.0485. The molecule has 0 saturated heterocycles. The van der Waals surface area contributed by atoms with Crippen LogP contribution in [-0.4, -0.2) is 5.78 Å². The van der Waals surface area contributed by atoms with Crippen molar-refractivity contribution in [3.63, 3.8) is 0 Å². The van der Waals surface area contributed by atoms with Crippen molar-refractivity contribution in [2.45, 2.75) is 13.8 Å². The lowest BCUT2D eigenvalue weighted by Gasteiger charge is -2.05. The van der Waals surface area contributed by atoms with Crippen LogP contribution in [0.3, 0.4) is 0 Å². The molecule has 0 aliphatic carbocycles. The second kappa shape index (κ2) is 3.88. The zero-order valence-electron chi connectivity index (χ0n) is 7.39. The Labute approximate surface area is 90.7 Å². The summed E-state index contributed by atoms with van der Waals surface area (Å²) in [5.41, 5.74) is 1.91. The molecule has 0 radical (unpaired) electrons. The highest BCUT2D eigenvalue weighted by molar-refractivity contribution is 14.1. The molecule has 0 saturated carbocycles. The number of carbonyl (C=O) groups is 1. The molecule has 0 fully saturated rings. The molecular weight excluding hydrogens is 277 g/mol. The van der Waals surface area contributed by atoms with E-state index in [0.717, 1.165) is 9.13 Å². The third-order valence-corrected chi connectivity index (χ3v) is 3.04. The van der Waals surface area contributed by atoms with Crippen LogP contribution in [0.1, 0.15) is 28.4 Å². The molecule has 3 heteroatoms. The molecule has 0 heterocycles. The highest BCUT2D eigenvalue weighted by Gasteiger charge is 2.11. The quantitative estimate of drug-likeness (QED) is 0.588. The van der Waals surface area contributed by atoms with E-state index in [1.807, 2.05) is 19.1 Å². The molecule has 0 atom stereocenters. The highest BCUT2D eigenvalue weighted by Crippen LogP contribution is 2.20. The van der Waals surface area contributed by atoms with Gasteiger partial charge >= 0.3 is 0 Å². The van der Waals surface area contributed by atoms with Gasteiger partial charge in [-0.2, -0.15) is 5.26 Å². The Morgan fingerprint density at radius 2 is 2.15 bits per heavy atom. The smallest absolute Gasteiger partial charge is 0.161 e. The van der Waals surface area contributed by atoms with Gasteiger partial charge in [-0.1, -0.05) is 0 Å². The van der Waals surface area contributed by atoms with Gasteiger partial charge in [-0.25, -0.2) is 0 Å². The summed E-state index contributed by atoms with van der Waals surface area (Å²) < 4.78 is 1.02. The Kier molecular flexibility index (Phi) is 3.04. The minimum atomic E-state index is -0.0485. The van der Waals surface area contributed by atoms with Gasteiger partial charge in [0.05, 0.1) is 11.6 Å². The van der Waals surface area contributed by atoms with Crippen LogP contribution in [0, 0.1) is 21.8 Å². The van der Waals surface area contributed by atoms with Crippen LogP contribution in [0.5, 0.6) is 0 Å². The van der Waals surface area contributed by atoms with Crippen LogP contribution in [0.2, 0.25) is 0 Å². The normalized spacial score (nSPS) is 9.38. The van der Waals surface area contributed by atoms with Gasteiger partial charge in [0.2, 0.25) is 0 Å². The summed E-state index contributed by atoms with van der Waals surface area (Å²) in [5.74, 6) is -0.0485. The van der Waals surface area contributed by atoms with E-state index < -0.39 is 0 Å². The molecule has 0 aliphatic rings. The maximum Gasteiger partial charge on any atom is 0.161 e. The Bertz CT molecular complexity index is 404. The molecule has 0 unspecified atom stereocenters. The predicted molar refractivity (Wildman–Crippen MR) is 58.6 cm³/mol. The summed E-state index contributed by atoms with van der Waals surface area (Å²) in [6, 6.07) is 5.55. The average molecular weight is 285 g/mol. The molecule has 1 aromatic rings. The van der Waals surface area contributed by atoms with E-state index in [1.165, 1.54) is 6.92 Å². The van der Waals surface area contributed by atoms with Crippen molar-refractivity contribution in [3.8, 4) is 6.07 Å². The van der Waals surface area contributed by atoms with E-state index in [1.54, 1.807) is 6.07 Å². The summed E-state index contributed by atoms with van der Waals surface area (Å²) in [5, 5.41) is 8.78. The minimum Gasteiger partial charge on any atom is -0.294 e. The highest BCUT2D eigenvalue weighted by atomic mass is 127. The Morgan fingerprint density at radius 1 is 1.54 bits per heavy atom. The van der Waals surface area contributed by atoms with Gasteiger partial charge in [-0.15, -0.1) is 0 Å². The number of hydrogen-bond donors (Lipinski definition) is 0. The lowest BCUT2D eigenvalue weighted by atomic mass is 10.00.